The second-order valence-corrected chi connectivity index (χ2v) is 6.22. The van der Waals surface area contributed by atoms with Crippen LogP contribution in [-0.4, -0.2) is 24.7 Å². The number of benzene rings is 1. The highest BCUT2D eigenvalue weighted by Crippen LogP contribution is 2.06. The van der Waals surface area contributed by atoms with Crippen molar-refractivity contribution in [3.8, 4) is 0 Å². The highest BCUT2D eigenvalue weighted by molar-refractivity contribution is 7.88. The quantitative estimate of drug-likeness (QED) is 0.867. The second-order valence-electron chi connectivity index (χ2n) is 4.41. The molecule has 1 N–H and O–H groups in total. The van der Waals surface area contributed by atoms with Gasteiger partial charge >= 0.3 is 0 Å². The van der Waals surface area contributed by atoms with Crippen molar-refractivity contribution in [1.82, 2.24) is 14.5 Å². The fourth-order valence-corrected chi connectivity index (χ4v) is 2.84. The molecule has 1 aromatic carbocycles. The maximum absolute atomic E-state index is 11.9. The van der Waals surface area contributed by atoms with Crippen molar-refractivity contribution in [2.75, 3.05) is 6.54 Å². The molecule has 5 nitrogen and oxygen atoms in total. The fourth-order valence-electron chi connectivity index (χ4n) is 1.70. The van der Waals surface area contributed by atoms with Gasteiger partial charge in [-0.05, 0) is 18.6 Å². The number of hydrogen-bond donors (Lipinski definition) is 1. The van der Waals surface area contributed by atoms with Crippen molar-refractivity contribution < 1.29 is 8.42 Å². The van der Waals surface area contributed by atoms with Crippen LogP contribution in [0, 0.1) is 6.92 Å². The Balaban J connectivity index is 1.86. The van der Waals surface area contributed by atoms with Crippen LogP contribution in [0.3, 0.4) is 0 Å². The van der Waals surface area contributed by atoms with Gasteiger partial charge in [-0.1, -0.05) is 29.8 Å². The first kappa shape index (κ1) is 13.8. The molecule has 0 aliphatic rings. The summed E-state index contributed by atoms with van der Waals surface area (Å²) in [6, 6.07) is 9.30. The average Bonchev–Trinajstić information content (AvgIpc) is 2.85. The molecule has 0 radical (unpaired) electrons. The zero-order chi connectivity index (χ0) is 13.7. The minimum Gasteiger partial charge on any atom is -0.271 e. The third-order valence-electron chi connectivity index (χ3n) is 2.70. The summed E-state index contributed by atoms with van der Waals surface area (Å²) in [6.45, 7) is 2.84. The predicted molar refractivity (Wildman–Crippen MR) is 74.0 cm³/mol. The van der Waals surface area contributed by atoms with Gasteiger partial charge in [-0.2, -0.15) is 5.10 Å². The Kier molecular flexibility index (Phi) is 4.34. The van der Waals surface area contributed by atoms with Crippen molar-refractivity contribution in [3.05, 3.63) is 53.9 Å². The van der Waals surface area contributed by atoms with Gasteiger partial charge in [-0.3, -0.25) is 4.68 Å². The molecule has 1 heterocycles. The molecule has 0 saturated heterocycles. The van der Waals surface area contributed by atoms with E-state index in [4.69, 9.17) is 0 Å². The summed E-state index contributed by atoms with van der Waals surface area (Å²) in [5.74, 6) is 0.00634. The van der Waals surface area contributed by atoms with Crippen molar-refractivity contribution >= 4 is 10.0 Å². The number of sulfonamides is 1. The minimum atomic E-state index is -3.29. The first-order chi connectivity index (χ1) is 9.05. The number of aryl methyl sites for hydroxylation is 1. The number of hydrogen-bond acceptors (Lipinski definition) is 3. The fraction of sp³-hybridized carbons (Fsp3) is 0.308. The maximum atomic E-state index is 11.9. The van der Waals surface area contributed by atoms with E-state index in [9.17, 15) is 8.42 Å². The minimum absolute atomic E-state index is 0.00634. The van der Waals surface area contributed by atoms with E-state index in [1.54, 1.807) is 23.1 Å². The Morgan fingerprint density at radius 3 is 2.63 bits per heavy atom. The molecule has 0 amide bonds. The standard InChI is InChI=1S/C13H17N3O2S/c1-12-3-5-13(6-4-12)11-19(17,18)15-8-10-16-9-2-7-14-16/h2-7,9,15H,8,10-11H2,1H3. The molecular formula is C13H17N3O2S. The lowest BCUT2D eigenvalue weighted by Crippen LogP contribution is -2.28. The highest BCUT2D eigenvalue weighted by Gasteiger charge is 2.10. The molecule has 0 unspecified atom stereocenters. The van der Waals surface area contributed by atoms with Crippen LogP contribution in [0.4, 0.5) is 0 Å². The van der Waals surface area contributed by atoms with Gasteiger partial charge in [-0.15, -0.1) is 0 Å². The summed E-state index contributed by atoms with van der Waals surface area (Å²) in [5, 5.41) is 4.01. The van der Waals surface area contributed by atoms with Crippen LogP contribution in [-0.2, 0) is 22.3 Å². The van der Waals surface area contributed by atoms with E-state index in [-0.39, 0.29) is 5.75 Å². The topological polar surface area (TPSA) is 64.0 Å². The van der Waals surface area contributed by atoms with E-state index >= 15 is 0 Å². The molecule has 2 rings (SSSR count). The van der Waals surface area contributed by atoms with Crippen LogP contribution in [0.1, 0.15) is 11.1 Å². The molecule has 0 spiro atoms. The van der Waals surface area contributed by atoms with Crippen LogP contribution in [0.15, 0.2) is 42.7 Å². The highest BCUT2D eigenvalue weighted by atomic mass is 32.2. The summed E-state index contributed by atoms with van der Waals surface area (Å²) < 4.78 is 28.0. The van der Waals surface area contributed by atoms with Crippen molar-refractivity contribution in [2.45, 2.75) is 19.2 Å². The van der Waals surface area contributed by atoms with Crippen LogP contribution in [0.2, 0.25) is 0 Å². The van der Waals surface area contributed by atoms with E-state index in [1.165, 1.54) is 0 Å². The van der Waals surface area contributed by atoms with Crippen LogP contribution >= 0.6 is 0 Å². The van der Waals surface area contributed by atoms with Crippen LogP contribution in [0.5, 0.6) is 0 Å². The maximum Gasteiger partial charge on any atom is 0.215 e. The van der Waals surface area contributed by atoms with E-state index in [0.29, 0.717) is 13.1 Å². The largest absolute Gasteiger partial charge is 0.271 e. The van der Waals surface area contributed by atoms with Gasteiger partial charge in [-0.25, -0.2) is 13.1 Å². The molecule has 0 bridgehead atoms. The monoisotopic (exact) mass is 279 g/mol. The lowest BCUT2D eigenvalue weighted by atomic mass is 10.2. The molecule has 1 aromatic heterocycles. The molecule has 0 aliphatic carbocycles. The lowest BCUT2D eigenvalue weighted by Gasteiger charge is -2.07. The van der Waals surface area contributed by atoms with Crippen LogP contribution in [0.25, 0.3) is 0 Å². The Hall–Kier alpha value is -1.66. The second kappa shape index (κ2) is 5.99. The van der Waals surface area contributed by atoms with E-state index < -0.39 is 10.0 Å². The van der Waals surface area contributed by atoms with Gasteiger partial charge in [0, 0.05) is 18.9 Å². The lowest BCUT2D eigenvalue weighted by molar-refractivity contribution is 0.560. The molecule has 102 valence electrons. The van der Waals surface area contributed by atoms with E-state index in [2.05, 4.69) is 9.82 Å². The molecule has 6 heteroatoms. The van der Waals surface area contributed by atoms with Crippen molar-refractivity contribution in [3.63, 3.8) is 0 Å². The Bertz CT molecular complexity index is 604. The summed E-state index contributed by atoms with van der Waals surface area (Å²) in [5.41, 5.74) is 1.91. The Morgan fingerprint density at radius 1 is 1.26 bits per heavy atom. The smallest absolute Gasteiger partial charge is 0.215 e. The van der Waals surface area contributed by atoms with Gasteiger partial charge in [0.15, 0.2) is 0 Å². The van der Waals surface area contributed by atoms with Gasteiger partial charge in [0.25, 0.3) is 0 Å². The number of rotatable bonds is 6. The summed E-state index contributed by atoms with van der Waals surface area (Å²) >= 11 is 0. The number of nitrogens with zero attached hydrogens (tertiary/aromatic N) is 2. The number of nitrogens with one attached hydrogen (secondary N) is 1. The van der Waals surface area contributed by atoms with E-state index in [1.807, 2.05) is 31.2 Å². The third kappa shape index (κ3) is 4.50. The molecular weight excluding hydrogens is 262 g/mol. The molecule has 0 aliphatic heterocycles. The molecule has 19 heavy (non-hydrogen) atoms. The van der Waals surface area contributed by atoms with Gasteiger partial charge in [0.05, 0.1) is 12.3 Å². The van der Waals surface area contributed by atoms with Crippen molar-refractivity contribution in [2.24, 2.45) is 0 Å². The zero-order valence-corrected chi connectivity index (χ0v) is 11.6. The van der Waals surface area contributed by atoms with Crippen LogP contribution < -0.4 is 4.72 Å². The first-order valence-electron chi connectivity index (χ1n) is 6.05. The Morgan fingerprint density at radius 2 is 2.00 bits per heavy atom. The van der Waals surface area contributed by atoms with E-state index in [0.717, 1.165) is 11.1 Å². The predicted octanol–water partition coefficient (Wildman–Crippen LogP) is 1.31. The normalized spacial score (nSPS) is 11.6. The Labute approximate surface area is 113 Å². The number of aromatic nitrogens is 2. The van der Waals surface area contributed by atoms with Gasteiger partial charge < -0.3 is 0 Å². The van der Waals surface area contributed by atoms with Gasteiger partial charge in [0.1, 0.15) is 0 Å². The van der Waals surface area contributed by atoms with Crippen molar-refractivity contribution in [1.29, 1.82) is 0 Å². The zero-order valence-electron chi connectivity index (χ0n) is 10.8. The summed E-state index contributed by atoms with van der Waals surface area (Å²) in [4.78, 5) is 0. The first-order valence-corrected chi connectivity index (χ1v) is 7.71. The van der Waals surface area contributed by atoms with Gasteiger partial charge in [0.2, 0.25) is 10.0 Å². The third-order valence-corrected chi connectivity index (χ3v) is 4.06. The molecule has 0 atom stereocenters. The SMILES string of the molecule is Cc1ccc(CS(=O)(=O)NCCn2cccn2)cc1. The molecule has 0 fully saturated rings. The molecule has 2 aromatic rings. The summed E-state index contributed by atoms with van der Waals surface area (Å²) in [6.07, 6.45) is 3.47. The molecule has 0 saturated carbocycles. The summed E-state index contributed by atoms with van der Waals surface area (Å²) in [7, 11) is -3.29. The average molecular weight is 279 g/mol.